The summed E-state index contributed by atoms with van der Waals surface area (Å²) < 4.78 is 26.1. The zero-order chi connectivity index (χ0) is 25.1. The molecular weight excluding hydrogens is 450 g/mol. The number of aryl methyl sites for hydroxylation is 1. The van der Waals surface area contributed by atoms with Crippen molar-refractivity contribution in [2.45, 2.75) is 59.0 Å². The number of unbranched alkanes of at least 4 members (excludes halogenated alkanes) is 1. The molecule has 2 rings (SSSR count). The van der Waals surface area contributed by atoms with Gasteiger partial charge in [-0.1, -0.05) is 61.4 Å². The van der Waals surface area contributed by atoms with Crippen molar-refractivity contribution in [1.82, 2.24) is 10.2 Å². The predicted molar refractivity (Wildman–Crippen MR) is 137 cm³/mol. The molecule has 34 heavy (non-hydrogen) atoms. The molecule has 2 aromatic rings. The van der Waals surface area contributed by atoms with E-state index in [0.29, 0.717) is 25.2 Å². The first kappa shape index (κ1) is 27.4. The van der Waals surface area contributed by atoms with Gasteiger partial charge in [-0.15, -0.1) is 0 Å². The van der Waals surface area contributed by atoms with Crippen molar-refractivity contribution in [3.8, 4) is 0 Å². The van der Waals surface area contributed by atoms with Crippen molar-refractivity contribution in [3.63, 3.8) is 0 Å². The zero-order valence-corrected chi connectivity index (χ0v) is 21.5. The number of hydrogen-bond acceptors (Lipinski definition) is 4. The van der Waals surface area contributed by atoms with Gasteiger partial charge in [0.05, 0.1) is 11.9 Å². The third kappa shape index (κ3) is 8.48. The van der Waals surface area contributed by atoms with Gasteiger partial charge in [0.25, 0.3) is 0 Å². The summed E-state index contributed by atoms with van der Waals surface area (Å²) in [4.78, 5) is 27.5. The smallest absolute Gasteiger partial charge is 0.242 e. The van der Waals surface area contributed by atoms with E-state index in [4.69, 9.17) is 0 Å². The molecule has 2 amide bonds. The van der Waals surface area contributed by atoms with Crippen LogP contribution in [-0.4, -0.2) is 50.5 Å². The van der Waals surface area contributed by atoms with Crippen molar-refractivity contribution in [2.24, 2.45) is 0 Å². The van der Waals surface area contributed by atoms with Gasteiger partial charge in [0.2, 0.25) is 21.8 Å². The Hall–Kier alpha value is -2.87. The number of nitrogens with one attached hydrogen (secondary N) is 1. The van der Waals surface area contributed by atoms with Crippen molar-refractivity contribution in [1.29, 1.82) is 0 Å². The lowest BCUT2D eigenvalue weighted by Crippen LogP contribution is -2.47. The van der Waals surface area contributed by atoms with Gasteiger partial charge in [-0.3, -0.25) is 13.9 Å². The quantitative estimate of drug-likeness (QED) is 0.435. The molecule has 0 spiro atoms. The second-order valence-corrected chi connectivity index (χ2v) is 10.5. The molecule has 1 atom stereocenters. The first-order chi connectivity index (χ1) is 16.1. The van der Waals surface area contributed by atoms with E-state index in [1.807, 2.05) is 49.4 Å². The van der Waals surface area contributed by atoms with Crippen LogP contribution >= 0.6 is 0 Å². The average molecular weight is 488 g/mol. The maximum atomic E-state index is 13.2. The number of carbonyl (C=O) groups is 2. The summed E-state index contributed by atoms with van der Waals surface area (Å²) in [5, 5.41) is 2.90. The summed E-state index contributed by atoms with van der Waals surface area (Å²) in [6, 6.07) is 16.2. The lowest BCUT2D eigenvalue weighted by molar-refractivity contribution is -0.140. The Morgan fingerprint density at radius 2 is 1.65 bits per heavy atom. The Balaban J connectivity index is 2.10. The first-order valence-electron chi connectivity index (χ1n) is 11.8. The molecule has 0 saturated carbocycles. The predicted octanol–water partition coefficient (Wildman–Crippen LogP) is 3.87. The van der Waals surface area contributed by atoms with Gasteiger partial charge in [-0.25, -0.2) is 8.42 Å². The molecule has 7 nitrogen and oxygen atoms in total. The molecule has 0 aliphatic heterocycles. The maximum absolute atomic E-state index is 13.2. The van der Waals surface area contributed by atoms with Crippen LogP contribution < -0.4 is 9.62 Å². The fourth-order valence-electron chi connectivity index (χ4n) is 3.61. The monoisotopic (exact) mass is 487 g/mol. The summed E-state index contributed by atoms with van der Waals surface area (Å²) >= 11 is 0. The van der Waals surface area contributed by atoms with Gasteiger partial charge in [0.15, 0.2) is 0 Å². The van der Waals surface area contributed by atoms with Crippen LogP contribution in [0.1, 0.15) is 50.7 Å². The fraction of sp³-hybridized carbons (Fsp3) is 0.462. The highest BCUT2D eigenvalue weighted by Gasteiger charge is 2.26. The normalized spacial score (nSPS) is 12.1. The summed E-state index contributed by atoms with van der Waals surface area (Å²) in [5.41, 5.74) is 2.54. The SMILES string of the molecule is CCCCNC(=O)C(C)N(Cc1ccccc1)C(=O)CCCN(c1ccc(C)cc1)S(C)(=O)=O. The van der Waals surface area contributed by atoms with Crippen LogP contribution in [0.4, 0.5) is 5.69 Å². The highest BCUT2D eigenvalue weighted by molar-refractivity contribution is 7.92. The minimum atomic E-state index is -3.50. The largest absolute Gasteiger partial charge is 0.354 e. The van der Waals surface area contributed by atoms with Crippen LogP contribution in [0.5, 0.6) is 0 Å². The van der Waals surface area contributed by atoms with Crippen LogP contribution in [0.15, 0.2) is 54.6 Å². The van der Waals surface area contributed by atoms with Gasteiger partial charge < -0.3 is 10.2 Å². The second kappa shape index (κ2) is 13.1. The molecule has 0 fully saturated rings. The molecule has 2 aromatic carbocycles. The number of hydrogen-bond donors (Lipinski definition) is 1. The number of benzene rings is 2. The number of sulfonamides is 1. The molecule has 0 aliphatic carbocycles. The molecular formula is C26H37N3O4S. The molecule has 8 heteroatoms. The van der Waals surface area contributed by atoms with E-state index >= 15 is 0 Å². The highest BCUT2D eigenvalue weighted by Crippen LogP contribution is 2.19. The summed E-state index contributed by atoms with van der Waals surface area (Å²) in [6.07, 6.45) is 3.50. The van der Waals surface area contributed by atoms with E-state index in [1.165, 1.54) is 10.6 Å². The zero-order valence-electron chi connectivity index (χ0n) is 20.7. The molecule has 0 bridgehead atoms. The number of carbonyl (C=O) groups excluding carboxylic acids is 2. The van der Waals surface area contributed by atoms with E-state index in [1.54, 1.807) is 24.0 Å². The van der Waals surface area contributed by atoms with Crippen molar-refractivity contribution < 1.29 is 18.0 Å². The van der Waals surface area contributed by atoms with E-state index in [9.17, 15) is 18.0 Å². The molecule has 0 radical (unpaired) electrons. The Morgan fingerprint density at radius 3 is 2.24 bits per heavy atom. The van der Waals surface area contributed by atoms with E-state index in [0.717, 1.165) is 24.0 Å². The van der Waals surface area contributed by atoms with E-state index < -0.39 is 16.1 Å². The van der Waals surface area contributed by atoms with Gasteiger partial charge in [0.1, 0.15) is 6.04 Å². The number of nitrogens with zero attached hydrogens (tertiary/aromatic N) is 2. The topological polar surface area (TPSA) is 86.8 Å². The Kier molecular flexibility index (Phi) is 10.6. The van der Waals surface area contributed by atoms with Crippen molar-refractivity contribution >= 4 is 27.5 Å². The fourth-order valence-corrected chi connectivity index (χ4v) is 4.58. The minimum Gasteiger partial charge on any atom is -0.354 e. The summed E-state index contributed by atoms with van der Waals surface area (Å²) in [7, 11) is -3.50. The first-order valence-corrected chi connectivity index (χ1v) is 13.6. The van der Waals surface area contributed by atoms with Crippen LogP contribution in [0.25, 0.3) is 0 Å². The summed E-state index contributed by atoms with van der Waals surface area (Å²) in [6.45, 7) is 6.80. The van der Waals surface area contributed by atoms with Gasteiger partial charge in [0, 0.05) is 26.1 Å². The molecule has 0 aliphatic rings. The lowest BCUT2D eigenvalue weighted by atomic mass is 10.1. The molecule has 0 heterocycles. The van der Waals surface area contributed by atoms with Crippen molar-refractivity contribution in [2.75, 3.05) is 23.7 Å². The van der Waals surface area contributed by atoms with Crippen LogP contribution in [-0.2, 0) is 26.2 Å². The highest BCUT2D eigenvalue weighted by atomic mass is 32.2. The number of amides is 2. The Morgan fingerprint density at radius 1 is 1.00 bits per heavy atom. The van der Waals surface area contributed by atoms with E-state index in [2.05, 4.69) is 12.2 Å². The average Bonchev–Trinajstić information content (AvgIpc) is 2.80. The van der Waals surface area contributed by atoms with Crippen LogP contribution in [0.2, 0.25) is 0 Å². The van der Waals surface area contributed by atoms with Gasteiger partial charge in [-0.2, -0.15) is 0 Å². The number of anilines is 1. The van der Waals surface area contributed by atoms with Crippen LogP contribution in [0, 0.1) is 6.92 Å². The third-order valence-electron chi connectivity index (χ3n) is 5.67. The van der Waals surface area contributed by atoms with Gasteiger partial charge in [-0.05, 0) is 44.4 Å². The molecule has 0 aromatic heterocycles. The van der Waals surface area contributed by atoms with E-state index in [-0.39, 0.29) is 24.8 Å². The molecule has 1 unspecified atom stereocenters. The Labute approximate surface area is 204 Å². The standard InChI is InChI=1S/C26H37N3O4S/c1-5-6-18-27-26(31)22(3)28(20-23-11-8-7-9-12-23)25(30)13-10-19-29(34(4,32)33)24-16-14-21(2)15-17-24/h7-9,11-12,14-17,22H,5-6,10,13,18-20H2,1-4H3,(H,27,31). The lowest BCUT2D eigenvalue weighted by Gasteiger charge is -2.29. The van der Waals surface area contributed by atoms with Gasteiger partial charge >= 0.3 is 0 Å². The molecule has 186 valence electrons. The number of rotatable bonds is 13. The minimum absolute atomic E-state index is 0.136. The Bertz CT molecular complexity index is 1020. The second-order valence-electron chi connectivity index (χ2n) is 8.60. The third-order valence-corrected chi connectivity index (χ3v) is 6.86. The maximum Gasteiger partial charge on any atom is 0.242 e. The molecule has 1 N–H and O–H groups in total. The molecule has 0 saturated heterocycles. The van der Waals surface area contributed by atoms with Crippen LogP contribution in [0.3, 0.4) is 0 Å². The summed E-state index contributed by atoms with van der Waals surface area (Å²) in [5.74, 6) is -0.366. The van der Waals surface area contributed by atoms with Crippen molar-refractivity contribution in [3.05, 3.63) is 65.7 Å².